The van der Waals surface area contributed by atoms with E-state index in [-0.39, 0.29) is 5.75 Å². The molecule has 0 radical (unpaired) electrons. The molecule has 92 valence electrons. The van der Waals surface area contributed by atoms with Crippen molar-refractivity contribution < 1.29 is 10.2 Å². The number of aliphatic hydroxyl groups excluding tert-OH is 1. The minimum absolute atomic E-state index is 0.202. The van der Waals surface area contributed by atoms with Gasteiger partial charge in [0.1, 0.15) is 5.75 Å². The first kappa shape index (κ1) is 12.4. The number of benzene rings is 2. The lowest BCUT2D eigenvalue weighted by molar-refractivity contribution is 0.184. The van der Waals surface area contributed by atoms with E-state index in [0.29, 0.717) is 6.42 Å². The van der Waals surface area contributed by atoms with E-state index in [1.54, 1.807) is 24.3 Å². The summed E-state index contributed by atoms with van der Waals surface area (Å²) >= 11 is 0. The molecule has 1 unspecified atom stereocenters. The first-order valence-corrected chi connectivity index (χ1v) is 5.87. The van der Waals surface area contributed by atoms with E-state index in [1.165, 1.54) is 0 Å². The number of hydrogen-bond acceptors (Lipinski definition) is 2. The van der Waals surface area contributed by atoms with Crippen LogP contribution in [0, 0.1) is 0 Å². The maximum Gasteiger partial charge on any atom is 0.115 e. The molecule has 0 aliphatic heterocycles. The van der Waals surface area contributed by atoms with Gasteiger partial charge in [-0.25, -0.2) is 0 Å². The van der Waals surface area contributed by atoms with Crippen molar-refractivity contribution in [1.82, 2.24) is 0 Å². The van der Waals surface area contributed by atoms with E-state index < -0.39 is 6.10 Å². The predicted octanol–water partition coefficient (Wildman–Crippen LogP) is 3.53. The van der Waals surface area contributed by atoms with Gasteiger partial charge in [0.05, 0.1) is 6.10 Å². The second-order valence-electron chi connectivity index (χ2n) is 4.28. The third kappa shape index (κ3) is 2.99. The van der Waals surface area contributed by atoms with E-state index in [9.17, 15) is 10.2 Å². The molecule has 0 aliphatic rings. The van der Waals surface area contributed by atoms with Gasteiger partial charge in [-0.2, -0.15) is 0 Å². The minimum atomic E-state index is -0.599. The summed E-state index contributed by atoms with van der Waals surface area (Å²) in [5, 5.41) is 19.3. The van der Waals surface area contributed by atoms with E-state index in [4.69, 9.17) is 0 Å². The number of hydrogen-bond donors (Lipinski definition) is 2. The Morgan fingerprint density at radius 1 is 1.00 bits per heavy atom. The number of aliphatic hydroxyl groups is 1. The Morgan fingerprint density at radius 2 is 1.61 bits per heavy atom. The van der Waals surface area contributed by atoms with E-state index in [2.05, 4.69) is 6.58 Å². The monoisotopic (exact) mass is 240 g/mol. The van der Waals surface area contributed by atoms with Crippen LogP contribution in [0.3, 0.4) is 0 Å². The number of aromatic hydroxyl groups is 1. The van der Waals surface area contributed by atoms with Crippen molar-refractivity contribution in [1.29, 1.82) is 0 Å². The van der Waals surface area contributed by atoms with Gasteiger partial charge in [-0.3, -0.25) is 0 Å². The van der Waals surface area contributed by atoms with Gasteiger partial charge in [-0.05, 0) is 28.8 Å². The molecule has 2 aromatic carbocycles. The van der Waals surface area contributed by atoms with Crippen LogP contribution < -0.4 is 0 Å². The fourth-order valence-electron chi connectivity index (χ4n) is 1.84. The molecule has 0 heterocycles. The molecule has 2 heteroatoms. The molecule has 0 aliphatic carbocycles. The topological polar surface area (TPSA) is 40.5 Å². The Labute approximate surface area is 107 Å². The molecule has 1 atom stereocenters. The zero-order valence-electron chi connectivity index (χ0n) is 10.1. The van der Waals surface area contributed by atoms with Crippen molar-refractivity contribution in [2.75, 3.05) is 0 Å². The average Bonchev–Trinajstić information content (AvgIpc) is 2.40. The van der Waals surface area contributed by atoms with Crippen LogP contribution >= 0.6 is 0 Å². The fourth-order valence-corrected chi connectivity index (χ4v) is 1.84. The van der Waals surface area contributed by atoms with Crippen molar-refractivity contribution in [3.8, 4) is 5.75 Å². The van der Waals surface area contributed by atoms with Gasteiger partial charge in [0.2, 0.25) is 0 Å². The summed E-state index contributed by atoms with van der Waals surface area (Å²) in [7, 11) is 0. The molecule has 0 bridgehead atoms. The lowest BCUT2D eigenvalue weighted by atomic mass is 9.97. The molecule has 0 saturated heterocycles. The summed E-state index contributed by atoms with van der Waals surface area (Å²) in [5.74, 6) is 0.202. The van der Waals surface area contributed by atoms with Gasteiger partial charge < -0.3 is 10.2 Å². The van der Waals surface area contributed by atoms with Crippen molar-refractivity contribution in [2.45, 2.75) is 12.5 Å². The van der Waals surface area contributed by atoms with Crippen LogP contribution in [0.4, 0.5) is 0 Å². The summed E-state index contributed by atoms with van der Waals surface area (Å²) in [4.78, 5) is 0. The molecule has 0 amide bonds. The maximum absolute atomic E-state index is 10.1. The molecular formula is C16H16O2. The molecule has 0 spiro atoms. The molecular weight excluding hydrogens is 224 g/mol. The van der Waals surface area contributed by atoms with Crippen LogP contribution in [0.25, 0.3) is 5.57 Å². The van der Waals surface area contributed by atoms with Crippen molar-refractivity contribution in [2.24, 2.45) is 0 Å². The van der Waals surface area contributed by atoms with Gasteiger partial charge in [0.15, 0.2) is 0 Å². The lowest BCUT2D eigenvalue weighted by Gasteiger charge is -2.13. The van der Waals surface area contributed by atoms with Crippen LogP contribution in [0.1, 0.15) is 23.7 Å². The average molecular weight is 240 g/mol. The van der Waals surface area contributed by atoms with Crippen LogP contribution in [0.2, 0.25) is 0 Å². The summed E-state index contributed by atoms with van der Waals surface area (Å²) in [6, 6.07) is 16.4. The third-order valence-corrected chi connectivity index (χ3v) is 2.90. The number of phenolic OH excluding ortho intramolecular Hbond substituents is 1. The van der Waals surface area contributed by atoms with Gasteiger partial charge in [-0.15, -0.1) is 0 Å². The smallest absolute Gasteiger partial charge is 0.115 e. The summed E-state index contributed by atoms with van der Waals surface area (Å²) in [6.45, 7) is 4.00. The first-order valence-electron chi connectivity index (χ1n) is 5.87. The van der Waals surface area contributed by atoms with Gasteiger partial charge in [0.25, 0.3) is 0 Å². The molecule has 0 fully saturated rings. The standard InChI is InChI=1S/C16H16O2/c1-12(13-5-3-2-4-6-13)11-16(18)14-7-9-15(17)10-8-14/h2-10,16-18H,1,11H2. The third-order valence-electron chi connectivity index (χ3n) is 2.90. The minimum Gasteiger partial charge on any atom is -0.508 e. The molecule has 2 nitrogen and oxygen atoms in total. The first-order chi connectivity index (χ1) is 8.66. The zero-order valence-corrected chi connectivity index (χ0v) is 10.1. The largest absolute Gasteiger partial charge is 0.508 e. The predicted molar refractivity (Wildman–Crippen MR) is 73.2 cm³/mol. The fraction of sp³-hybridized carbons (Fsp3) is 0.125. The molecule has 2 aromatic rings. The quantitative estimate of drug-likeness (QED) is 0.858. The SMILES string of the molecule is C=C(CC(O)c1ccc(O)cc1)c1ccccc1. The Hall–Kier alpha value is -2.06. The highest BCUT2D eigenvalue weighted by molar-refractivity contribution is 5.63. The van der Waals surface area contributed by atoms with Gasteiger partial charge in [-0.1, -0.05) is 49.0 Å². The highest BCUT2D eigenvalue weighted by Crippen LogP contribution is 2.26. The van der Waals surface area contributed by atoms with Crippen molar-refractivity contribution in [3.05, 3.63) is 72.3 Å². The van der Waals surface area contributed by atoms with Crippen LogP contribution in [0.15, 0.2) is 61.2 Å². The highest BCUT2D eigenvalue weighted by atomic mass is 16.3. The van der Waals surface area contributed by atoms with Gasteiger partial charge in [0, 0.05) is 6.42 Å². The molecule has 0 aromatic heterocycles. The lowest BCUT2D eigenvalue weighted by Crippen LogP contribution is -1.98. The second kappa shape index (κ2) is 5.52. The highest BCUT2D eigenvalue weighted by Gasteiger charge is 2.10. The molecule has 2 rings (SSSR count). The van der Waals surface area contributed by atoms with Gasteiger partial charge >= 0.3 is 0 Å². The Bertz CT molecular complexity index is 515. The molecule has 18 heavy (non-hydrogen) atoms. The van der Waals surface area contributed by atoms with Crippen molar-refractivity contribution >= 4 is 5.57 Å². The summed E-state index contributed by atoms with van der Waals surface area (Å²) in [5.41, 5.74) is 2.72. The van der Waals surface area contributed by atoms with E-state index in [1.807, 2.05) is 30.3 Å². The molecule has 2 N–H and O–H groups in total. The maximum atomic E-state index is 10.1. The van der Waals surface area contributed by atoms with Crippen LogP contribution in [-0.2, 0) is 0 Å². The van der Waals surface area contributed by atoms with Crippen LogP contribution in [-0.4, -0.2) is 10.2 Å². The number of rotatable bonds is 4. The Morgan fingerprint density at radius 3 is 2.22 bits per heavy atom. The molecule has 0 saturated carbocycles. The second-order valence-corrected chi connectivity index (χ2v) is 4.28. The zero-order chi connectivity index (χ0) is 13.0. The normalized spacial score (nSPS) is 12.1. The van der Waals surface area contributed by atoms with E-state index in [0.717, 1.165) is 16.7 Å². The summed E-state index contributed by atoms with van der Waals surface area (Å²) in [6.07, 6.45) is -0.118. The summed E-state index contributed by atoms with van der Waals surface area (Å²) < 4.78 is 0. The van der Waals surface area contributed by atoms with Crippen LogP contribution in [0.5, 0.6) is 5.75 Å². The van der Waals surface area contributed by atoms with Crippen molar-refractivity contribution in [3.63, 3.8) is 0 Å². The van der Waals surface area contributed by atoms with E-state index >= 15 is 0 Å². The Kier molecular flexibility index (Phi) is 3.80. The number of phenols is 1. The Balaban J connectivity index is 2.06.